The van der Waals surface area contributed by atoms with E-state index in [1.807, 2.05) is 0 Å². The number of aromatic nitrogens is 7. The molecular weight excluding hydrogens is 429 g/mol. The summed E-state index contributed by atoms with van der Waals surface area (Å²) in [4.78, 5) is 28.7. The van der Waals surface area contributed by atoms with Crippen molar-refractivity contribution in [2.45, 2.75) is 39.2 Å². The number of aliphatic hydroxyl groups is 1. The summed E-state index contributed by atoms with van der Waals surface area (Å²) >= 11 is 0. The SMILES string of the molecule is CCOP(=O)(OCC)C(O)CCn1cc(Cn2cnc3c2c(=O)n(C)c(=O)n3C)nn1. The number of hydrogen-bond acceptors (Lipinski definition) is 9. The lowest BCUT2D eigenvalue weighted by Gasteiger charge is -2.22. The van der Waals surface area contributed by atoms with Crippen molar-refractivity contribution in [1.29, 1.82) is 0 Å². The third-order valence-electron chi connectivity index (χ3n) is 4.74. The monoisotopic (exact) mass is 455 g/mol. The second kappa shape index (κ2) is 9.27. The number of fused-ring (bicyclic) bond motifs is 1. The Kier molecular flexibility index (Phi) is 6.90. The van der Waals surface area contributed by atoms with Crippen molar-refractivity contribution in [2.75, 3.05) is 13.2 Å². The van der Waals surface area contributed by atoms with E-state index in [-0.39, 0.29) is 43.9 Å². The van der Waals surface area contributed by atoms with E-state index in [0.717, 1.165) is 4.57 Å². The van der Waals surface area contributed by atoms with Gasteiger partial charge in [0.05, 0.1) is 32.3 Å². The lowest BCUT2D eigenvalue weighted by molar-refractivity contribution is 0.140. The van der Waals surface area contributed by atoms with Crippen LogP contribution in [0.2, 0.25) is 0 Å². The Morgan fingerprint density at radius 3 is 2.48 bits per heavy atom. The summed E-state index contributed by atoms with van der Waals surface area (Å²) < 4.78 is 28.3. The zero-order valence-electron chi connectivity index (χ0n) is 17.8. The van der Waals surface area contributed by atoms with E-state index in [1.165, 1.54) is 22.6 Å². The molecule has 0 bridgehead atoms. The highest BCUT2D eigenvalue weighted by Gasteiger charge is 2.33. The molecule has 0 radical (unpaired) electrons. The molecule has 0 aromatic carbocycles. The van der Waals surface area contributed by atoms with E-state index in [2.05, 4.69) is 15.3 Å². The molecule has 3 aromatic rings. The Labute approximate surface area is 177 Å². The van der Waals surface area contributed by atoms with Gasteiger partial charge >= 0.3 is 13.3 Å². The zero-order valence-corrected chi connectivity index (χ0v) is 18.7. The van der Waals surface area contributed by atoms with Crippen LogP contribution in [0.3, 0.4) is 0 Å². The van der Waals surface area contributed by atoms with Crippen LogP contribution >= 0.6 is 7.60 Å². The summed E-state index contributed by atoms with van der Waals surface area (Å²) in [5.41, 5.74) is 0.204. The van der Waals surface area contributed by atoms with Gasteiger partial charge in [-0.05, 0) is 13.8 Å². The maximum atomic E-state index is 12.6. The molecule has 0 aliphatic carbocycles. The standard InChI is InChI=1S/C17H26N7O6P/c1-5-29-31(28,30-6-2)13(25)7-8-24-10-12(19-20-24)9-23-11-18-15-14(23)16(26)22(4)17(27)21(15)3/h10-11,13,25H,5-9H2,1-4H3. The second-order valence-electron chi connectivity index (χ2n) is 6.87. The second-order valence-corrected chi connectivity index (χ2v) is 9.06. The molecule has 0 aliphatic rings. The molecule has 1 unspecified atom stereocenters. The van der Waals surface area contributed by atoms with Crippen LogP contribution < -0.4 is 11.2 Å². The largest absolute Gasteiger partial charge is 0.380 e. The fourth-order valence-electron chi connectivity index (χ4n) is 3.19. The van der Waals surface area contributed by atoms with Gasteiger partial charge in [-0.2, -0.15) is 0 Å². The summed E-state index contributed by atoms with van der Waals surface area (Å²) in [6.45, 7) is 4.11. The maximum absolute atomic E-state index is 12.6. The van der Waals surface area contributed by atoms with Crippen molar-refractivity contribution in [3.8, 4) is 0 Å². The first-order valence-electron chi connectivity index (χ1n) is 9.78. The highest BCUT2D eigenvalue weighted by Crippen LogP contribution is 2.53. The summed E-state index contributed by atoms with van der Waals surface area (Å²) in [5, 5.41) is 18.4. The van der Waals surface area contributed by atoms with Crippen molar-refractivity contribution in [1.82, 2.24) is 33.7 Å². The first kappa shape index (κ1) is 23.1. The molecule has 0 fully saturated rings. The van der Waals surface area contributed by atoms with Gasteiger partial charge in [-0.15, -0.1) is 5.10 Å². The molecule has 1 atom stereocenters. The first-order chi connectivity index (χ1) is 14.7. The molecule has 0 aliphatic heterocycles. The topological polar surface area (TPSA) is 148 Å². The lowest BCUT2D eigenvalue weighted by Crippen LogP contribution is -2.37. The van der Waals surface area contributed by atoms with Gasteiger partial charge in [-0.1, -0.05) is 5.21 Å². The highest BCUT2D eigenvalue weighted by molar-refractivity contribution is 7.54. The molecule has 0 saturated heterocycles. The van der Waals surface area contributed by atoms with Gasteiger partial charge in [0.15, 0.2) is 17.0 Å². The van der Waals surface area contributed by atoms with Crippen LogP contribution in [0.25, 0.3) is 11.2 Å². The number of rotatable bonds is 10. The van der Waals surface area contributed by atoms with Crippen LogP contribution in [-0.4, -0.2) is 57.8 Å². The molecule has 0 spiro atoms. The summed E-state index contributed by atoms with van der Waals surface area (Å²) in [6.07, 6.45) is 3.21. The number of imidazole rings is 1. The summed E-state index contributed by atoms with van der Waals surface area (Å²) in [5.74, 6) is -1.29. The normalized spacial score (nSPS) is 13.2. The Morgan fingerprint density at radius 1 is 1.16 bits per heavy atom. The molecule has 1 N–H and O–H groups in total. The number of aliphatic hydroxyl groups excluding tert-OH is 1. The third-order valence-corrected chi connectivity index (χ3v) is 6.96. The van der Waals surface area contributed by atoms with E-state index in [4.69, 9.17) is 9.05 Å². The summed E-state index contributed by atoms with van der Waals surface area (Å²) in [7, 11) is -0.660. The van der Waals surface area contributed by atoms with Gasteiger partial charge in [0.2, 0.25) is 0 Å². The average Bonchev–Trinajstić information content (AvgIpc) is 3.36. The van der Waals surface area contributed by atoms with Crippen LogP contribution in [0.5, 0.6) is 0 Å². The highest BCUT2D eigenvalue weighted by atomic mass is 31.2. The number of aryl methyl sites for hydroxylation is 2. The van der Waals surface area contributed by atoms with Crippen molar-refractivity contribution in [2.24, 2.45) is 14.1 Å². The van der Waals surface area contributed by atoms with E-state index in [9.17, 15) is 19.3 Å². The lowest BCUT2D eigenvalue weighted by atomic mass is 10.4. The van der Waals surface area contributed by atoms with Gasteiger partial charge in [-0.3, -0.25) is 23.2 Å². The fourth-order valence-corrected chi connectivity index (χ4v) is 4.76. The van der Waals surface area contributed by atoms with Crippen molar-refractivity contribution in [3.05, 3.63) is 39.1 Å². The first-order valence-corrected chi connectivity index (χ1v) is 11.4. The van der Waals surface area contributed by atoms with Crippen LogP contribution in [0.1, 0.15) is 26.0 Å². The Bertz CT molecular complexity index is 1220. The number of hydrogen-bond donors (Lipinski definition) is 1. The van der Waals surface area contributed by atoms with Crippen LogP contribution in [0, 0.1) is 0 Å². The van der Waals surface area contributed by atoms with E-state index < -0.39 is 24.7 Å². The predicted molar refractivity (Wildman–Crippen MR) is 111 cm³/mol. The Morgan fingerprint density at radius 2 is 1.84 bits per heavy atom. The fraction of sp³-hybridized carbons (Fsp3) is 0.588. The summed E-state index contributed by atoms with van der Waals surface area (Å²) in [6, 6.07) is 0. The van der Waals surface area contributed by atoms with E-state index >= 15 is 0 Å². The number of nitrogens with zero attached hydrogens (tertiary/aromatic N) is 7. The average molecular weight is 455 g/mol. The van der Waals surface area contributed by atoms with Gasteiger partial charge in [0, 0.05) is 27.1 Å². The smallest absolute Gasteiger partial charge is 0.358 e. The van der Waals surface area contributed by atoms with Gasteiger partial charge in [0.1, 0.15) is 5.69 Å². The maximum Gasteiger partial charge on any atom is 0.358 e. The van der Waals surface area contributed by atoms with Crippen LogP contribution in [0.4, 0.5) is 0 Å². The molecule has 3 aromatic heterocycles. The third kappa shape index (κ3) is 4.54. The quantitative estimate of drug-likeness (QED) is 0.419. The van der Waals surface area contributed by atoms with Gasteiger partial charge in [0.25, 0.3) is 5.56 Å². The zero-order chi connectivity index (χ0) is 22.8. The molecular formula is C17H26N7O6P. The van der Waals surface area contributed by atoms with Gasteiger partial charge in [-0.25, -0.2) is 9.78 Å². The molecule has 31 heavy (non-hydrogen) atoms. The molecule has 14 heteroatoms. The minimum Gasteiger partial charge on any atom is -0.380 e. The minimum atomic E-state index is -3.62. The minimum absolute atomic E-state index is 0.0940. The molecule has 13 nitrogen and oxygen atoms in total. The molecule has 0 amide bonds. The predicted octanol–water partition coefficient (Wildman–Crippen LogP) is 0.0481. The molecule has 3 rings (SSSR count). The van der Waals surface area contributed by atoms with E-state index in [0.29, 0.717) is 5.69 Å². The van der Waals surface area contributed by atoms with Crippen molar-refractivity contribution >= 4 is 18.8 Å². The van der Waals surface area contributed by atoms with Crippen LogP contribution in [0.15, 0.2) is 22.1 Å². The van der Waals surface area contributed by atoms with Crippen molar-refractivity contribution < 1.29 is 18.7 Å². The Hall–Kier alpha value is -2.60. The molecule has 3 heterocycles. The van der Waals surface area contributed by atoms with Gasteiger partial charge < -0.3 is 18.7 Å². The van der Waals surface area contributed by atoms with E-state index in [1.54, 1.807) is 31.7 Å². The Balaban J connectivity index is 1.75. The molecule has 0 saturated carbocycles. The van der Waals surface area contributed by atoms with Crippen LogP contribution in [-0.2, 0) is 40.8 Å². The molecule has 170 valence electrons. The van der Waals surface area contributed by atoms with Crippen molar-refractivity contribution in [3.63, 3.8) is 0 Å².